The maximum atomic E-state index is 12.0. The molecule has 2 aliphatic rings. The second-order valence-corrected chi connectivity index (χ2v) is 7.58. The van der Waals surface area contributed by atoms with Crippen molar-refractivity contribution in [3.8, 4) is 5.75 Å². The van der Waals surface area contributed by atoms with Gasteiger partial charge in [-0.25, -0.2) is 9.59 Å². The van der Waals surface area contributed by atoms with E-state index in [0.29, 0.717) is 6.04 Å². The molecule has 2 aliphatic heterocycles. The van der Waals surface area contributed by atoms with Gasteiger partial charge in [0.15, 0.2) is 0 Å². The van der Waals surface area contributed by atoms with Crippen molar-refractivity contribution in [1.29, 1.82) is 0 Å². The lowest BCUT2D eigenvalue weighted by molar-refractivity contribution is -0.192. The maximum absolute atomic E-state index is 12.0. The van der Waals surface area contributed by atoms with Crippen molar-refractivity contribution in [3.63, 3.8) is 0 Å². The number of hydrogen-bond acceptors (Lipinski definition) is 5. The molecule has 0 spiro atoms. The lowest BCUT2D eigenvalue weighted by atomic mass is 10.0. The number of aliphatic carboxylic acids is 1. The first kappa shape index (κ1) is 24.7. The number of carbonyl (C=O) groups excluding carboxylic acids is 1. The molecule has 0 radical (unpaired) electrons. The van der Waals surface area contributed by atoms with Gasteiger partial charge in [0.05, 0.1) is 19.3 Å². The second kappa shape index (κ2) is 10.7. The summed E-state index contributed by atoms with van der Waals surface area (Å²) in [6.07, 6.45) is -2.80. The predicted octanol–water partition coefficient (Wildman–Crippen LogP) is 2.33. The molecule has 0 bridgehead atoms. The molecule has 3 atom stereocenters. The molecule has 0 aliphatic carbocycles. The fourth-order valence-corrected chi connectivity index (χ4v) is 3.62. The average Bonchev–Trinajstić information content (AvgIpc) is 3.05. The summed E-state index contributed by atoms with van der Waals surface area (Å²) in [4.78, 5) is 24.9. The summed E-state index contributed by atoms with van der Waals surface area (Å²) in [5, 5.41) is 10.2. The zero-order valence-electron chi connectivity index (χ0n) is 17.7. The molecule has 2 saturated heterocycles. The average molecular weight is 447 g/mol. The largest absolute Gasteiger partial charge is 0.497 e. The van der Waals surface area contributed by atoms with Crippen LogP contribution in [-0.2, 0) is 16.1 Å². The van der Waals surface area contributed by atoms with Gasteiger partial charge >= 0.3 is 18.2 Å². The topological polar surface area (TPSA) is 91.3 Å². The van der Waals surface area contributed by atoms with Gasteiger partial charge in [-0.1, -0.05) is 12.1 Å². The van der Waals surface area contributed by atoms with Crippen LogP contribution in [0.1, 0.15) is 18.4 Å². The first-order chi connectivity index (χ1) is 14.5. The number of nitrogens with zero attached hydrogens (tertiary/aromatic N) is 2. The van der Waals surface area contributed by atoms with Crippen LogP contribution >= 0.6 is 0 Å². The number of rotatable bonds is 4. The quantitative estimate of drug-likeness (QED) is 0.736. The zero-order chi connectivity index (χ0) is 23.2. The molecule has 1 aromatic carbocycles. The number of likely N-dealkylation sites (tertiary alicyclic amines) is 1. The number of fused-ring (bicyclic) bond motifs is 1. The van der Waals surface area contributed by atoms with Gasteiger partial charge in [0.1, 0.15) is 5.75 Å². The Bertz CT molecular complexity index is 743. The van der Waals surface area contributed by atoms with Gasteiger partial charge < -0.3 is 24.8 Å². The Balaban J connectivity index is 0.000000423. The first-order valence-corrected chi connectivity index (χ1v) is 9.79. The minimum Gasteiger partial charge on any atom is -0.497 e. The summed E-state index contributed by atoms with van der Waals surface area (Å²) >= 11 is 0. The van der Waals surface area contributed by atoms with Crippen LogP contribution in [-0.4, -0.2) is 85.6 Å². The number of amides is 2. The van der Waals surface area contributed by atoms with Gasteiger partial charge in [-0.2, -0.15) is 13.2 Å². The molecule has 2 N–H and O–H groups in total. The third-order valence-electron chi connectivity index (χ3n) is 5.13. The molecule has 0 unspecified atom stereocenters. The van der Waals surface area contributed by atoms with Crippen molar-refractivity contribution in [2.24, 2.45) is 0 Å². The van der Waals surface area contributed by atoms with Crippen LogP contribution in [0.25, 0.3) is 0 Å². The van der Waals surface area contributed by atoms with Gasteiger partial charge in [-0.3, -0.25) is 4.90 Å². The molecule has 2 amide bonds. The van der Waals surface area contributed by atoms with Crippen molar-refractivity contribution in [1.82, 2.24) is 15.1 Å². The second-order valence-electron chi connectivity index (χ2n) is 7.58. The fourth-order valence-electron chi connectivity index (χ4n) is 3.62. The van der Waals surface area contributed by atoms with Crippen molar-refractivity contribution < 1.29 is 37.3 Å². The molecule has 31 heavy (non-hydrogen) atoms. The van der Waals surface area contributed by atoms with Crippen LogP contribution < -0.4 is 10.1 Å². The summed E-state index contributed by atoms with van der Waals surface area (Å²) in [7, 11) is 5.20. The third kappa shape index (κ3) is 7.00. The third-order valence-corrected chi connectivity index (χ3v) is 5.13. The summed E-state index contributed by atoms with van der Waals surface area (Å²) in [6.45, 7) is 2.47. The van der Waals surface area contributed by atoms with Crippen molar-refractivity contribution in [3.05, 3.63) is 29.8 Å². The molecule has 0 aromatic heterocycles. The number of hydrogen-bond donors (Lipinski definition) is 2. The Morgan fingerprint density at radius 1 is 1.29 bits per heavy atom. The number of alkyl halides is 3. The zero-order valence-corrected chi connectivity index (χ0v) is 17.7. The van der Waals surface area contributed by atoms with Crippen molar-refractivity contribution in [2.45, 2.75) is 43.8 Å². The summed E-state index contributed by atoms with van der Waals surface area (Å²) < 4.78 is 43.0. The van der Waals surface area contributed by atoms with E-state index >= 15 is 0 Å². The van der Waals surface area contributed by atoms with Crippen molar-refractivity contribution in [2.75, 3.05) is 34.4 Å². The normalized spacial score (nSPS) is 23.2. The van der Waals surface area contributed by atoms with Crippen LogP contribution in [0.15, 0.2) is 24.3 Å². The van der Waals surface area contributed by atoms with E-state index in [2.05, 4.69) is 22.3 Å². The predicted molar refractivity (Wildman–Crippen MR) is 106 cm³/mol. The molecule has 8 nitrogen and oxygen atoms in total. The standard InChI is InChI=1S/C18H27N3O3.C2HF3O2/c1-20(2)18(22)19-15-12-21(16-5-4-10-24-17(15)16)11-13-6-8-14(23-3)9-7-13;3-2(4,5)1(6)7/h6-9,15-17H,4-5,10-12H2,1-3H3,(H,19,22);(H,6,7)/t15-,16-,17-;/m0./s1. The number of carboxylic acid groups (broad SMARTS) is 1. The van der Waals surface area contributed by atoms with Crippen LogP contribution in [0, 0.1) is 0 Å². The van der Waals surface area contributed by atoms with Gasteiger partial charge in [0.2, 0.25) is 0 Å². The lowest BCUT2D eigenvalue weighted by Crippen LogP contribution is -2.50. The smallest absolute Gasteiger partial charge is 0.490 e. The van der Waals surface area contributed by atoms with Crippen LogP contribution in [0.3, 0.4) is 0 Å². The molecular weight excluding hydrogens is 419 g/mol. The Hall–Kier alpha value is -2.53. The lowest BCUT2D eigenvalue weighted by Gasteiger charge is -2.32. The van der Waals surface area contributed by atoms with Crippen molar-refractivity contribution >= 4 is 12.0 Å². The highest BCUT2D eigenvalue weighted by Gasteiger charge is 2.44. The number of carbonyl (C=O) groups is 2. The highest BCUT2D eigenvalue weighted by Crippen LogP contribution is 2.30. The molecule has 2 fully saturated rings. The number of methoxy groups -OCH3 is 1. The molecule has 174 valence electrons. The van der Waals surface area contributed by atoms with Gasteiger partial charge in [-0.15, -0.1) is 0 Å². The highest BCUT2D eigenvalue weighted by molar-refractivity contribution is 5.74. The van der Waals surface area contributed by atoms with Crippen LogP contribution in [0.4, 0.5) is 18.0 Å². The highest BCUT2D eigenvalue weighted by atomic mass is 19.4. The number of benzene rings is 1. The minimum absolute atomic E-state index is 0.0449. The van der Waals surface area contributed by atoms with E-state index in [-0.39, 0.29) is 18.2 Å². The molecule has 2 heterocycles. The fraction of sp³-hybridized carbons (Fsp3) is 0.600. The Labute approximate surface area is 178 Å². The van der Waals surface area contributed by atoms with E-state index in [4.69, 9.17) is 19.4 Å². The summed E-state index contributed by atoms with van der Waals surface area (Å²) in [5.41, 5.74) is 1.25. The Morgan fingerprint density at radius 2 is 1.90 bits per heavy atom. The number of nitrogens with one attached hydrogen (secondary N) is 1. The van der Waals surface area contributed by atoms with Gasteiger partial charge in [-0.05, 0) is 30.5 Å². The van der Waals surface area contributed by atoms with E-state index in [1.165, 1.54) is 5.56 Å². The molecule has 1 aromatic rings. The Morgan fingerprint density at radius 3 is 2.42 bits per heavy atom. The first-order valence-electron chi connectivity index (χ1n) is 9.79. The number of ether oxygens (including phenoxy) is 2. The van der Waals surface area contributed by atoms with Crippen LogP contribution in [0.2, 0.25) is 0 Å². The minimum atomic E-state index is -5.08. The summed E-state index contributed by atoms with van der Waals surface area (Å²) in [5.74, 6) is -1.89. The maximum Gasteiger partial charge on any atom is 0.490 e. The van der Waals surface area contributed by atoms with Gasteiger partial charge in [0, 0.05) is 39.8 Å². The van der Waals surface area contributed by atoms with E-state index in [9.17, 15) is 18.0 Å². The van der Waals surface area contributed by atoms with Crippen LogP contribution in [0.5, 0.6) is 5.75 Å². The molecule has 11 heteroatoms. The van der Waals surface area contributed by atoms with E-state index < -0.39 is 12.1 Å². The monoisotopic (exact) mass is 447 g/mol. The van der Waals surface area contributed by atoms with E-state index in [1.807, 2.05) is 12.1 Å². The molecule has 3 rings (SSSR count). The SMILES string of the molecule is COc1ccc(CN2C[C@H](NC(=O)N(C)C)[C@@H]3OCCC[C@@H]32)cc1.O=C(O)C(F)(F)F. The molecular formula is C20H28F3N3O5. The summed E-state index contributed by atoms with van der Waals surface area (Å²) in [6, 6.07) is 8.54. The van der Waals surface area contributed by atoms with E-state index in [1.54, 1.807) is 26.1 Å². The number of urea groups is 1. The number of halogens is 3. The van der Waals surface area contributed by atoms with E-state index in [0.717, 1.165) is 38.3 Å². The Kier molecular flexibility index (Phi) is 8.52. The van der Waals surface area contributed by atoms with Gasteiger partial charge in [0.25, 0.3) is 0 Å². The number of carboxylic acids is 1. The molecule has 0 saturated carbocycles.